The number of benzene rings is 3. The SMILES string of the molecule is Cc1ccc(CC(=O)N(Cc2ccccc2)c2nc3cc(C)cc(C)c3s2)cc1. The van der Waals surface area contributed by atoms with E-state index < -0.39 is 0 Å². The van der Waals surface area contributed by atoms with Crippen molar-refractivity contribution in [2.75, 3.05) is 4.90 Å². The van der Waals surface area contributed by atoms with Gasteiger partial charge in [-0.2, -0.15) is 0 Å². The molecule has 1 heterocycles. The molecule has 0 N–H and O–H groups in total. The molecule has 0 fully saturated rings. The van der Waals surface area contributed by atoms with E-state index in [9.17, 15) is 4.79 Å². The van der Waals surface area contributed by atoms with Crippen LogP contribution >= 0.6 is 11.3 Å². The molecule has 0 spiro atoms. The molecule has 3 aromatic carbocycles. The van der Waals surface area contributed by atoms with Gasteiger partial charge in [0.2, 0.25) is 5.91 Å². The first-order valence-corrected chi connectivity index (χ1v) is 10.6. The van der Waals surface area contributed by atoms with Crippen molar-refractivity contribution >= 4 is 32.6 Å². The Morgan fingerprint density at radius 2 is 1.62 bits per heavy atom. The van der Waals surface area contributed by atoms with Gasteiger partial charge in [-0.3, -0.25) is 9.69 Å². The number of hydrogen-bond acceptors (Lipinski definition) is 3. The van der Waals surface area contributed by atoms with E-state index in [1.165, 1.54) is 16.7 Å². The van der Waals surface area contributed by atoms with Crippen molar-refractivity contribution in [2.24, 2.45) is 0 Å². The number of hydrogen-bond donors (Lipinski definition) is 0. The van der Waals surface area contributed by atoms with Crippen LogP contribution < -0.4 is 4.90 Å². The van der Waals surface area contributed by atoms with Gasteiger partial charge < -0.3 is 0 Å². The Morgan fingerprint density at radius 3 is 2.34 bits per heavy atom. The first-order valence-electron chi connectivity index (χ1n) is 9.77. The topological polar surface area (TPSA) is 33.2 Å². The molecule has 0 saturated carbocycles. The largest absolute Gasteiger partial charge is 0.283 e. The highest BCUT2D eigenvalue weighted by molar-refractivity contribution is 7.22. The smallest absolute Gasteiger partial charge is 0.233 e. The standard InChI is InChI=1S/C25H24N2OS/c1-17-9-11-20(12-10-17)15-23(28)27(16-21-7-5-4-6-8-21)25-26-22-14-18(2)13-19(3)24(22)29-25/h4-14H,15-16H2,1-3H3. The van der Waals surface area contributed by atoms with Crippen molar-refractivity contribution in [3.8, 4) is 0 Å². The van der Waals surface area contributed by atoms with Crippen molar-refractivity contribution in [3.05, 3.63) is 94.5 Å². The predicted molar refractivity (Wildman–Crippen MR) is 122 cm³/mol. The molecule has 0 aliphatic carbocycles. The summed E-state index contributed by atoms with van der Waals surface area (Å²) < 4.78 is 1.15. The highest BCUT2D eigenvalue weighted by Gasteiger charge is 2.21. The lowest BCUT2D eigenvalue weighted by molar-refractivity contribution is -0.118. The van der Waals surface area contributed by atoms with Crippen molar-refractivity contribution < 1.29 is 4.79 Å². The van der Waals surface area contributed by atoms with Crippen LogP contribution in [0.3, 0.4) is 0 Å². The third-order valence-electron chi connectivity index (χ3n) is 5.00. The second kappa shape index (κ2) is 8.18. The summed E-state index contributed by atoms with van der Waals surface area (Å²) in [6.45, 7) is 6.75. The van der Waals surface area contributed by atoms with Crippen LogP contribution in [0.1, 0.15) is 27.8 Å². The predicted octanol–water partition coefficient (Wildman–Crippen LogP) is 6.00. The van der Waals surface area contributed by atoms with Crippen LogP contribution in [0, 0.1) is 20.8 Å². The monoisotopic (exact) mass is 400 g/mol. The van der Waals surface area contributed by atoms with Crippen molar-refractivity contribution in [1.29, 1.82) is 0 Å². The fourth-order valence-corrected chi connectivity index (χ4v) is 4.52. The van der Waals surface area contributed by atoms with Crippen molar-refractivity contribution in [3.63, 3.8) is 0 Å². The molecular weight excluding hydrogens is 376 g/mol. The summed E-state index contributed by atoms with van der Waals surface area (Å²) in [5.74, 6) is 0.0612. The molecule has 0 atom stereocenters. The fraction of sp³-hybridized carbons (Fsp3) is 0.200. The van der Waals surface area contributed by atoms with Crippen LogP contribution in [0.2, 0.25) is 0 Å². The maximum Gasteiger partial charge on any atom is 0.233 e. The minimum Gasteiger partial charge on any atom is -0.283 e. The molecular formula is C25H24N2OS. The van der Waals surface area contributed by atoms with Gasteiger partial charge in [-0.05, 0) is 49.1 Å². The van der Waals surface area contributed by atoms with E-state index in [0.29, 0.717) is 13.0 Å². The van der Waals surface area contributed by atoms with Gasteiger partial charge in [-0.1, -0.05) is 77.6 Å². The Balaban J connectivity index is 1.70. The number of aromatic nitrogens is 1. The van der Waals surface area contributed by atoms with E-state index in [0.717, 1.165) is 26.5 Å². The zero-order valence-electron chi connectivity index (χ0n) is 17.0. The van der Waals surface area contributed by atoms with E-state index in [1.807, 2.05) is 47.4 Å². The van der Waals surface area contributed by atoms with E-state index in [-0.39, 0.29) is 5.91 Å². The van der Waals surface area contributed by atoms with Gasteiger partial charge in [0.15, 0.2) is 5.13 Å². The molecule has 146 valence electrons. The summed E-state index contributed by atoms with van der Waals surface area (Å²) in [5, 5.41) is 0.759. The number of amides is 1. The number of aryl methyl sites for hydroxylation is 3. The molecule has 4 rings (SSSR count). The van der Waals surface area contributed by atoms with Crippen LogP contribution in [-0.2, 0) is 17.8 Å². The summed E-state index contributed by atoms with van der Waals surface area (Å²) in [4.78, 5) is 20.0. The maximum atomic E-state index is 13.3. The lowest BCUT2D eigenvalue weighted by atomic mass is 10.1. The number of fused-ring (bicyclic) bond motifs is 1. The van der Waals surface area contributed by atoms with Crippen molar-refractivity contribution in [1.82, 2.24) is 4.98 Å². The Bertz CT molecular complexity index is 1150. The first kappa shape index (κ1) is 19.3. The van der Waals surface area contributed by atoms with Crippen LogP contribution in [0.15, 0.2) is 66.7 Å². The van der Waals surface area contributed by atoms with Gasteiger partial charge in [0.1, 0.15) is 0 Å². The van der Waals surface area contributed by atoms with Crippen LogP contribution in [0.5, 0.6) is 0 Å². The lowest BCUT2D eigenvalue weighted by Crippen LogP contribution is -2.31. The van der Waals surface area contributed by atoms with E-state index in [2.05, 4.69) is 45.0 Å². The van der Waals surface area contributed by atoms with Gasteiger partial charge in [0, 0.05) is 0 Å². The quantitative estimate of drug-likeness (QED) is 0.412. The van der Waals surface area contributed by atoms with Gasteiger partial charge in [0.05, 0.1) is 23.2 Å². The second-order valence-corrected chi connectivity index (χ2v) is 8.53. The normalized spacial score (nSPS) is 11.0. The molecule has 0 radical (unpaired) electrons. The average Bonchev–Trinajstić information content (AvgIpc) is 3.12. The third-order valence-corrected chi connectivity index (χ3v) is 6.23. The summed E-state index contributed by atoms with van der Waals surface area (Å²) >= 11 is 1.60. The molecule has 4 aromatic rings. The summed E-state index contributed by atoms with van der Waals surface area (Å²) in [5.41, 5.74) is 6.66. The number of rotatable bonds is 5. The van der Waals surface area contributed by atoms with Gasteiger partial charge >= 0.3 is 0 Å². The van der Waals surface area contributed by atoms with E-state index >= 15 is 0 Å². The lowest BCUT2D eigenvalue weighted by Gasteiger charge is -2.20. The zero-order valence-corrected chi connectivity index (χ0v) is 17.8. The molecule has 0 aliphatic heterocycles. The van der Waals surface area contributed by atoms with Gasteiger partial charge in [-0.15, -0.1) is 0 Å². The summed E-state index contributed by atoms with van der Waals surface area (Å²) in [7, 11) is 0. The fourth-order valence-electron chi connectivity index (χ4n) is 3.48. The number of anilines is 1. The summed E-state index contributed by atoms with van der Waals surface area (Å²) in [6.07, 6.45) is 0.362. The van der Waals surface area contributed by atoms with Crippen LogP contribution in [-0.4, -0.2) is 10.9 Å². The molecule has 0 saturated heterocycles. The minimum absolute atomic E-state index is 0.0612. The zero-order chi connectivity index (χ0) is 20.4. The molecule has 0 bridgehead atoms. The molecule has 4 heteroatoms. The number of thiazole rings is 1. The number of nitrogens with zero attached hydrogens (tertiary/aromatic N) is 2. The van der Waals surface area contributed by atoms with E-state index in [4.69, 9.17) is 4.98 Å². The molecule has 3 nitrogen and oxygen atoms in total. The maximum absolute atomic E-state index is 13.3. The van der Waals surface area contributed by atoms with Crippen LogP contribution in [0.4, 0.5) is 5.13 Å². The number of carbonyl (C=O) groups excluding carboxylic acids is 1. The molecule has 29 heavy (non-hydrogen) atoms. The van der Waals surface area contributed by atoms with Gasteiger partial charge in [-0.25, -0.2) is 4.98 Å². The Kier molecular flexibility index (Phi) is 5.45. The highest BCUT2D eigenvalue weighted by Crippen LogP contribution is 2.33. The van der Waals surface area contributed by atoms with Crippen LogP contribution in [0.25, 0.3) is 10.2 Å². The Labute approximate surface area is 175 Å². The minimum atomic E-state index is 0.0612. The number of carbonyl (C=O) groups is 1. The molecule has 1 aromatic heterocycles. The van der Waals surface area contributed by atoms with Crippen molar-refractivity contribution in [2.45, 2.75) is 33.7 Å². The highest BCUT2D eigenvalue weighted by atomic mass is 32.1. The Morgan fingerprint density at radius 1 is 0.897 bits per heavy atom. The van der Waals surface area contributed by atoms with E-state index in [1.54, 1.807) is 11.3 Å². The molecule has 0 aliphatic rings. The second-order valence-electron chi connectivity index (χ2n) is 7.55. The first-order chi connectivity index (χ1) is 14.0. The Hall–Kier alpha value is -2.98. The summed E-state index contributed by atoms with van der Waals surface area (Å²) in [6, 6.07) is 22.5. The molecule has 0 unspecified atom stereocenters. The molecule has 1 amide bonds. The average molecular weight is 401 g/mol. The van der Waals surface area contributed by atoms with Gasteiger partial charge in [0.25, 0.3) is 0 Å². The third kappa shape index (κ3) is 4.38.